The zero-order valence-corrected chi connectivity index (χ0v) is 15.5. The van der Waals surface area contributed by atoms with Crippen molar-refractivity contribution >= 4 is 0 Å². The lowest BCUT2D eigenvalue weighted by atomic mass is 10.00. The average Bonchev–Trinajstić information content (AvgIpc) is 2.44. The van der Waals surface area contributed by atoms with E-state index in [9.17, 15) is 0 Å². The monoisotopic (exact) mass is 300 g/mol. The Morgan fingerprint density at radius 2 is 1.27 bits per heavy atom. The molecule has 124 valence electrons. The Labute approximate surface area is 139 Å². The maximum absolute atomic E-state index is 3.89. The van der Waals surface area contributed by atoms with Crippen LogP contribution in [-0.2, 0) is 0 Å². The minimum absolute atomic E-state index is 1.03. The lowest BCUT2D eigenvalue weighted by molar-refractivity contribution is 0.877. The molecule has 0 aromatic carbocycles. The second kappa shape index (κ2) is 13.4. The summed E-state index contributed by atoms with van der Waals surface area (Å²) < 4.78 is 0. The van der Waals surface area contributed by atoms with Crippen molar-refractivity contribution in [3.63, 3.8) is 0 Å². The zero-order valence-electron chi connectivity index (χ0n) is 15.5. The largest absolute Gasteiger partial charge is 0.103 e. The molecule has 22 heavy (non-hydrogen) atoms. The van der Waals surface area contributed by atoms with Crippen molar-refractivity contribution in [1.29, 1.82) is 0 Å². The van der Waals surface area contributed by atoms with Crippen molar-refractivity contribution in [2.24, 2.45) is 0 Å². The molecule has 0 unspecified atom stereocenters. The molecule has 0 rings (SSSR count). The van der Waals surface area contributed by atoms with Gasteiger partial charge in [0.2, 0.25) is 0 Å². The first-order valence-electron chi connectivity index (χ1n) is 8.73. The fraction of sp³-hybridized carbons (Fsp3) is 0.545. The van der Waals surface area contributed by atoms with Gasteiger partial charge in [-0.15, -0.1) is 6.58 Å². The molecular formula is C22H36. The third-order valence-corrected chi connectivity index (χ3v) is 3.59. The Bertz CT molecular complexity index is 419. The van der Waals surface area contributed by atoms with Crippen molar-refractivity contribution < 1.29 is 0 Å². The van der Waals surface area contributed by atoms with E-state index < -0.39 is 0 Å². The predicted octanol–water partition coefficient (Wildman–Crippen LogP) is 7.71. The quantitative estimate of drug-likeness (QED) is 0.343. The molecule has 0 fully saturated rings. The number of hydrogen-bond acceptors (Lipinski definition) is 0. The molecule has 0 atom stereocenters. The lowest BCUT2D eigenvalue weighted by Crippen LogP contribution is -1.86. The highest BCUT2D eigenvalue weighted by Gasteiger charge is 1.98. The van der Waals surface area contributed by atoms with Crippen LogP contribution in [0.2, 0.25) is 0 Å². The van der Waals surface area contributed by atoms with Crippen LogP contribution in [0.25, 0.3) is 0 Å². The third kappa shape index (κ3) is 12.4. The van der Waals surface area contributed by atoms with Crippen molar-refractivity contribution in [2.75, 3.05) is 0 Å². The molecule has 0 aliphatic rings. The average molecular weight is 301 g/mol. The highest BCUT2D eigenvalue weighted by molar-refractivity contribution is 5.13. The van der Waals surface area contributed by atoms with Crippen molar-refractivity contribution in [3.05, 3.63) is 59.3 Å². The van der Waals surface area contributed by atoms with Gasteiger partial charge in [-0.05, 0) is 72.6 Å². The summed E-state index contributed by atoms with van der Waals surface area (Å²) in [6, 6.07) is 0. The van der Waals surface area contributed by atoms with Gasteiger partial charge >= 0.3 is 0 Å². The van der Waals surface area contributed by atoms with E-state index in [0.29, 0.717) is 0 Å². The van der Waals surface area contributed by atoms with Gasteiger partial charge in [0.05, 0.1) is 0 Å². The Balaban J connectivity index is 4.51. The molecule has 0 N–H and O–H groups in total. The van der Waals surface area contributed by atoms with Crippen LogP contribution in [0.5, 0.6) is 0 Å². The SMILES string of the molecule is C=CCC(=CCCC(=CCC)CC=C(C)C)CCC=C(C)C. The van der Waals surface area contributed by atoms with E-state index >= 15 is 0 Å². The van der Waals surface area contributed by atoms with Crippen molar-refractivity contribution in [3.8, 4) is 0 Å². The van der Waals surface area contributed by atoms with E-state index in [1.165, 1.54) is 23.1 Å². The summed E-state index contributed by atoms with van der Waals surface area (Å²) in [7, 11) is 0. The summed E-state index contributed by atoms with van der Waals surface area (Å²) in [5, 5.41) is 0. The lowest BCUT2D eigenvalue weighted by Gasteiger charge is -2.06. The molecule has 0 amide bonds. The van der Waals surface area contributed by atoms with Gasteiger partial charge < -0.3 is 0 Å². The maximum Gasteiger partial charge on any atom is -0.0136 e. The molecule has 0 aromatic heterocycles. The minimum Gasteiger partial charge on any atom is -0.103 e. The first-order valence-corrected chi connectivity index (χ1v) is 8.73. The molecule has 0 heterocycles. The number of hydrogen-bond donors (Lipinski definition) is 0. The van der Waals surface area contributed by atoms with Gasteiger partial charge in [-0.3, -0.25) is 0 Å². The zero-order chi connectivity index (χ0) is 16.8. The first-order chi connectivity index (χ1) is 10.5. The Morgan fingerprint density at radius 1 is 0.727 bits per heavy atom. The molecule has 0 aliphatic carbocycles. The van der Waals surface area contributed by atoms with Crippen LogP contribution in [0, 0.1) is 0 Å². The summed E-state index contributed by atoms with van der Waals surface area (Å²) in [6.45, 7) is 14.8. The van der Waals surface area contributed by atoms with Gasteiger partial charge in [0.15, 0.2) is 0 Å². The van der Waals surface area contributed by atoms with E-state index in [0.717, 1.165) is 38.5 Å². The second-order valence-corrected chi connectivity index (χ2v) is 6.47. The normalized spacial score (nSPS) is 12.0. The van der Waals surface area contributed by atoms with E-state index in [1.54, 1.807) is 5.57 Å². The Hall–Kier alpha value is -1.30. The summed E-state index contributed by atoms with van der Waals surface area (Å²) in [4.78, 5) is 0. The molecule has 0 saturated carbocycles. The van der Waals surface area contributed by atoms with Crippen molar-refractivity contribution in [2.45, 2.75) is 79.6 Å². The summed E-state index contributed by atoms with van der Waals surface area (Å²) in [6.07, 6.45) is 19.4. The fourth-order valence-corrected chi connectivity index (χ4v) is 2.39. The first kappa shape index (κ1) is 20.7. The summed E-state index contributed by atoms with van der Waals surface area (Å²) in [5.74, 6) is 0. The van der Waals surface area contributed by atoms with Crippen LogP contribution in [0.15, 0.2) is 59.3 Å². The smallest absolute Gasteiger partial charge is 0.0136 e. The van der Waals surface area contributed by atoms with Gasteiger partial charge in [-0.2, -0.15) is 0 Å². The summed E-state index contributed by atoms with van der Waals surface area (Å²) >= 11 is 0. The van der Waals surface area contributed by atoms with Gasteiger partial charge in [-0.1, -0.05) is 59.6 Å². The summed E-state index contributed by atoms with van der Waals surface area (Å²) in [5.41, 5.74) is 5.92. The molecule has 0 radical (unpaired) electrons. The van der Waals surface area contributed by atoms with Crippen LogP contribution in [0.4, 0.5) is 0 Å². The number of allylic oxidation sites excluding steroid dienone is 9. The highest BCUT2D eigenvalue weighted by atomic mass is 14.0. The topological polar surface area (TPSA) is 0 Å². The van der Waals surface area contributed by atoms with E-state index in [4.69, 9.17) is 0 Å². The van der Waals surface area contributed by atoms with Gasteiger partial charge in [0.1, 0.15) is 0 Å². The van der Waals surface area contributed by atoms with Crippen LogP contribution in [0.1, 0.15) is 79.6 Å². The molecule has 0 spiro atoms. The second-order valence-electron chi connectivity index (χ2n) is 6.47. The standard InChI is InChI=1S/C22H36/c1-7-11-21(14-9-13-19(3)4)15-10-16-22(12-8-2)18-17-20(5)6/h7,12-13,15,17H,1,8-11,14,16,18H2,2-6H3. The molecular weight excluding hydrogens is 264 g/mol. The molecule has 0 aliphatic heterocycles. The van der Waals surface area contributed by atoms with Gasteiger partial charge in [0, 0.05) is 0 Å². The van der Waals surface area contributed by atoms with Crippen LogP contribution < -0.4 is 0 Å². The highest BCUT2D eigenvalue weighted by Crippen LogP contribution is 2.18. The van der Waals surface area contributed by atoms with E-state index in [1.807, 2.05) is 6.08 Å². The van der Waals surface area contributed by atoms with Crippen molar-refractivity contribution in [1.82, 2.24) is 0 Å². The third-order valence-electron chi connectivity index (χ3n) is 3.59. The van der Waals surface area contributed by atoms with Gasteiger partial charge in [0.25, 0.3) is 0 Å². The van der Waals surface area contributed by atoms with Crippen LogP contribution >= 0.6 is 0 Å². The molecule has 0 aromatic rings. The Kier molecular flexibility index (Phi) is 12.6. The van der Waals surface area contributed by atoms with Crippen LogP contribution in [-0.4, -0.2) is 0 Å². The molecule has 0 heteroatoms. The van der Waals surface area contributed by atoms with Crippen LogP contribution in [0.3, 0.4) is 0 Å². The minimum atomic E-state index is 1.03. The number of rotatable bonds is 11. The van der Waals surface area contributed by atoms with E-state index in [2.05, 4.69) is 65.5 Å². The molecule has 0 bridgehead atoms. The predicted molar refractivity (Wildman–Crippen MR) is 103 cm³/mol. The molecule has 0 nitrogen and oxygen atoms in total. The van der Waals surface area contributed by atoms with E-state index in [-0.39, 0.29) is 0 Å². The molecule has 0 saturated heterocycles. The fourth-order valence-electron chi connectivity index (χ4n) is 2.39. The Morgan fingerprint density at radius 3 is 1.77 bits per heavy atom. The van der Waals surface area contributed by atoms with Gasteiger partial charge in [-0.25, -0.2) is 0 Å². The maximum atomic E-state index is 3.89.